The monoisotopic (exact) mass is 348 g/mol. The molecule has 1 aromatic heterocycles. The van der Waals surface area contributed by atoms with E-state index in [9.17, 15) is 19.5 Å². The summed E-state index contributed by atoms with van der Waals surface area (Å²) in [6, 6.07) is 1.70. The van der Waals surface area contributed by atoms with Gasteiger partial charge in [-0.2, -0.15) is 0 Å². The molecule has 3 rings (SSSR count). The minimum absolute atomic E-state index is 0.0925. The summed E-state index contributed by atoms with van der Waals surface area (Å²) in [5.74, 6) is -3.81. The second kappa shape index (κ2) is 6.39. The highest BCUT2D eigenvalue weighted by molar-refractivity contribution is 7.16. The maximum absolute atomic E-state index is 12.7. The summed E-state index contributed by atoms with van der Waals surface area (Å²) >= 11 is 1.31. The third kappa shape index (κ3) is 2.73. The molecule has 2 aliphatic carbocycles. The number of aryl methyl sites for hydroxylation is 1. The Labute approximate surface area is 143 Å². The number of fused-ring (bicyclic) bond motifs is 2. The molecule has 2 bridgehead atoms. The molecular weight excluding hydrogens is 330 g/mol. The zero-order chi connectivity index (χ0) is 17.4. The Hall–Kier alpha value is -2.15. The van der Waals surface area contributed by atoms with Crippen LogP contribution in [-0.4, -0.2) is 25.0 Å². The zero-order valence-corrected chi connectivity index (χ0v) is 14.2. The van der Waals surface area contributed by atoms with Crippen molar-refractivity contribution in [2.24, 2.45) is 23.7 Å². The van der Waals surface area contributed by atoms with E-state index in [1.54, 1.807) is 6.07 Å². The maximum atomic E-state index is 12.7. The molecule has 1 aromatic rings. The first-order valence-corrected chi connectivity index (χ1v) is 8.69. The van der Waals surface area contributed by atoms with Crippen molar-refractivity contribution in [2.45, 2.75) is 19.8 Å². The Balaban J connectivity index is 1.85. The van der Waals surface area contributed by atoms with E-state index in [-0.39, 0.29) is 17.7 Å². The number of hydrogen-bond donors (Lipinski definition) is 1. The number of carboxylic acid groups (broad SMARTS) is 1. The van der Waals surface area contributed by atoms with Crippen molar-refractivity contribution in [1.82, 2.24) is 0 Å². The van der Waals surface area contributed by atoms with Gasteiger partial charge >= 0.3 is 5.97 Å². The second-order valence-electron chi connectivity index (χ2n) is 6.11. The number of aliphatic carboxylic acids is 1. The van der Waals surface area contributed by atoms with Gasteiger partial charge in [-0.25, -0.2) is 4.79 Å². The van der Waals surface area contributed by atoms with Crippen molar-refractivity contribution >= 4 is 34.2 Å². The number of carboxylic acids is 1. The van der Waals surface area contributed by atoms with Gasteiger partial charge in [0.1, 0.15) is 5.00 Å². The van der Waals surface area contributed by atoms with Crippen LogP contribution >= 0.6 is 11.3 Å². The van der Waals surface area contributed by atoms with E-state index in [4.69, 9.17) is 4.74 Å². The number of allylic oxidation sites excluding steroid dienone is 2. The molecule has 0 radical (unpaired) electrons. The van der Waals surface area contributed by atoms with Crippen LogP contribution in [-0.2, 0) is 20.7 Å². The average Bonchev–Trinajstić information content (AvgIpc) is 3.27. The molecule has 0 aliphatic heterocycles. The Morgan fingerprint density at radius 2 is 1.96 bits per heavy atom. The predicted octanol–water partition coefficient (Wildman–Crippen LogP) is 1.22. The van der Waals surface area contributed by atoms with E-state index in [0.717, 1.165) is 11.3 Å². The number of rotatable bonds is 5. The normalized spacial score (nSPS) is 27.2. The van der Waals surface area contributed by atoms with Crippen LogP contribution in [0.15, 0.2) is 18.2 Å². The van der Waals surface area contributed by atoms with Crippen molar-refractivity contribution in [3.8, 4) is 0 Å². The Morgan fingerprint density at radius 3 is 2.54 bits per heavy atom. The van der Waals surface area contributed by atoms with Crippen LogP contribution in [0.2, 0.25) is 0 Å². The van der Waals surface area contributed by atoms with Crippen LogP contribution in [0.1, 0.15) is 28.6 Å². The van der Waals surface area contributed by atoms with Crippen LogP contribution in [0.25, 0.3) is 0 Å². The molecule has 1 N–H and O–H groups in total. The number of thiophene rings is 1. The van der Waals surface area contributed by atoms with Gasteiger partial charge in [0.15, 0.2) is 0 Å². The van der Waals surface area contributed by atoms with Crippen LogP contribution in [0.3, 0.4) is 0 Å². The van der Waals surface area contributed by atoms with Crippen LogP contribution < -0.4 is 10.4 Å². The number of anilines is 1. The lowest BCUT2D eigenvalue weighted by atomic mass is 9.82. The average molecular weight is 348 g/mol. The van der Waals surface area contributed by atoms with Crippen LogP contribution in [0, 0.1) is 23.7 Å². The molecule has 2 aliphatic rings. The Bertz CT molecular complexity index is 723. The number of carbonyl (C=O) groups is 3. The molecule has 0 saturated heterocycles. The molecule has 0 aromatic carbocycles. The standard InChI is InChI=1S/C17H19NO5S/c1-3-10-7-11(17(22)23-2)15(24-10)18-14(19)12-8-4-5-9(6-8)13(12)16(20)21/h4-5,7-9,12-13H,3,6H2,1-2H3,(H,18,19)(H,20,21)/p-1/t8-,9-,12+,13+/m1/s1. The summed E-state index contributed by atoms with van der Waals surface area (Å²) in [6.45, 7) is 1.95. The van der Waals surface area contributed by atoms with Gasteiger partial charge in [-0.3, -0.25) is 4.79 Å². The van der Waals surface area contributed by atoms with Crippen LogP contribution in [0.4, 0.5) is 5.00 Å². The summed E-state index contributed by atoms with van der Waals surface area (Å²) in [5.41, 5.74) is 0.302. The lowest BCUT2D eigenvalue weighted by Crippen LogP contribution is -2.42. The largest absolute Gasteiger partial charge is 0.550 e. The molecule has 1 fully saturated rings. The van der Waals surface area contributed by atoms with Gasteiger partial charge in [0.25, 0.3) is 0 Å². The number of ether oxygens (including phenoxy) is 1. The number of amides is 1. The molecule has 1 amide bonds. The molecule has 0 unspecified atom stereocenters. The number of nitrogens with one attached hydrogen (secondary N) is 1. The first-order chi connectivity index (χ1) is 11.5. The summed E-state index contributed by atoms with van der Waals surface area (Å²) in [7, 11) is 1.28. The van der Waals surface area contributed by atoms with Crippen molar-refractivity contribution in [2.75, 3.05) is 12.4 Å². The van der Waals surface area contributed by atoms with Crippen molar-refractivity contribution < 1.29 is 24.2 Å². The van der Waals surface area contributed by atoms with E-state index >= 15 is 0 Å². The fourth-order valence-corrected chi connectivity index (χ4v) is 4.65. The third-order valence-electron chi connectivity index (χ3n) is 4.81. The number of esters is 1. The quantitative estimate of drug-likeness (QED) is 0.638. The van der Waals surface area contributed by atoms with Crippen molar-refractivity contribution in [1.29, 1.82) is 0 Å². The number of hydrogen-bond acceptors (Lipinski definition) is 6. The second-order valence-corrected chi connectivity index (χ2v) is 7.25. The lowest BCUT2D eigenvalue weighted by Gasteiger charge is -2.27. The minimum atomic E-state index is -1.19. The molecule has 7 heteroatoms. The smallest absolute Gasteiger partial charge is 0.340 e. The zero-order valence-electron chi connectivity index (χ0n) is 13.4. The number of carbonyl (C=O) groups excluding carboxylic acids is 3. The molecule has 0 spiro atoms. The SMILES string of the molecule is CCc1cc(C(=O)OC)c(NC(=O)[C@@H]2[C@@H](C(=O)[O-])[C@@H]3C=C[C@@H]2C3)s1. The summed E-state index contributed by atoms with van der Waals surface area (Å²) in [6.07, 6.45) is 5.14. The molecular formula is C17H18NO5S-. The summed E-state index contributed by atoms with van der Waals surface area (Å²) in [5, 5.41) is 14.6. The highest BCUT2D eigenvalue weighted by Gasteiger charge is 2.48. The summed E-state index contributed by atoms with van der Waals surface area (Å²) < 4.78 is 4.75. The van der Waals surface area contributed by atoms with E-state index in [2.05, 4.69) is 5.32 Å². The van der Waals surface area contributed by atoms with Gasteiger partial charge in [-0.1, -0.05) is 19.1 Å². The molecule has 6 nitrogen and oxygen atoms in total. The predicted molar refractivity (Wildman–Crippen MR) is 86.4 cm³/mol. The fourth-order valence-electron chi connectivity index (χ4n) is 3.67. The number of methoxy groups -OCH3 is 1. The minimum Gasteiger partial charge on any atom is -0.550 e. The van der Waals surface area contributed by atoms with E-state index in [1.807, 2.05) is 19.1 Å². The topological polar surface area (TPSA) is 95.5 Å². The van der Waals surface area contributed by atoms with Gasteiger partial charge in [-0.15, -0.1) is 11.3 Å². The third-order valence-corrected chi connectivity index (χ3v) is 6.00. The highest BCUT2D eigenvalue weighted by Crippen LogP contribution is 2.48. The van der Waals surface area contributed by atoms with Gasteiger partial charge in [0, 0.05) is 16.8 Å². The highest BCUT2D eigenvalue weighted by atomic mass is 32.1. The molecule has 4 atom stereocenters. The molecule has 1 heterocycles. The van der Waals surface area contributed by atoms with Crippen molar-refractivity contribution in [3.05, 3.63) is 28.7 Å². The van der Waals surface area contributed by atoms with E-state index in [0.29, 0.717) is 17.0 Å². The molecule has 1 saturated carbocycles. The van der Waals surface area contributed by atoms with E-state index < -0.39 is 23.8 Å². The Morgan fingerprint density at radius 1 is 1.29 bits per heavy atom. The van der Waals surface area contributed by atoms with E-state index in [1.165, 1.54) is 18.4 Å². The Kier molecular flexibility index (Phi) is 4.45. The fraction of sp³-hybridized carbons (Fsp3) is 0.471. The summed E-state index contributed by atoms with van der Waals surface area (Å²) in [4.78, 5) is 37.0. The van der Waals surface area contributed by atoms with Gasteiger partial charge < -0.3 is 20.0 Å². The first kappa shape index (κ1) is 16.7. The van der Waals surface area contributed by atoms with Gasteiger partial charge in [0.05, 0.1) is 18.6 Å². The molecule has 24 heavy (non-hydrogen) atoms. The van der Waals surface area contributed by atoms with Gasteiger partial charge in [0.2, 0.25) is 5.91 Å². The first-order valence-electron chi connectivity index (χ1n) is 7.87. The maximum Gasteiger partial charge on any atom is 0.340 e. The lowest BCUT2D eigenvalue weighted by molar-refractivity contribution is -0.313. The van der Waals surface area contributed by atoms with Gasteiger partial charge in [-0.05, 0) is 30.7 Å². The molecule has 128 valence electrons. The van der Waals surface area contributed by atoms with Crippen molar-refractivity contribution in [3.63, 3.8) is 0 Å². The van der Waals surface area contributed by atoms with Crippen LogP contribution in [0.5, 0.6) is 0 Å².